The summed E-state index contributed by atoms with van der Waals surface area (Å²) < 4.78 is 16.8. The van der Waals surface area contributed by atoms with Crippen molar-refractivity contribution >= 4 is 17.9 Å². The van der Waals surface area contributed by atoms with Gasteiger partial charge in [0.15, 0.2) is 6.10 Å². The highest BCUT2D eigenvalue weighted by molar-refractivity contribution is 5.71. The minimum Gasteiger partial charge on any atom is -0.462 e. The molecule has 1 unspecified atom stereocenters. The van der Waals surface area contributed by atoms with Crippen molar-refractivity contribution in [3.05, 3.63) is 109 Å². The number of unbranched alkanes of at least 4 members (excludes halogenated alkanes) is 24. The Morgan fingerprint density at radius 1 is 0.292 bits per heavy atom. The van der Waals surface area contributed by atoms with Crippen LogP contribution in [0.25, 0.3) is 0 Å². The van der Waals surface area contributed by atoms with Crippen molar-refractivity contribution in [3.63, 3.8) is 0 Å². The summed E-state index contributed by atoms with van der Waals surface area (Å²) in [6, 6.07) is 0. The number of hydrogen-bond donors (Lipinski definition) is 0. The van der Waals surface area contributed by atoms with Crippen LogP contribution in [0.4, 0.5) is 0 Å². The molecule has 0 saturated carbocycles. The second-order valence-corrected chi connectivity index (χ2v) is 19.5. The summed E-state index contributed by atoms with van der Waals surface area (Å²) in [7, 11) is 0. The summed E-state index contributed by atoms with van der Waals surface area (Å²) in [6.07, 6.45) is 81.1. The first-order chi connectivity index (χ1) is 35.5. The van der Waals surface area contributed by atoms with Gasteiger partial charge in [-0.25, -0.2) is 0 Å². The first kappa shape index (κ1) is 68.1. The van der Waals surface area contributed by atoms with Crippen molar-refractivity contribution in [2.75, 3.05) is 13.2 Å². The number of carbonyl (C=O) groups is 3. The number of hydrogen-bond acceptors (Lipinski definition) is 6. The topological polar surface area (TPSA) is 78.9 Å². The molecule has 0 radical (unpaired) electrons. The zero-order valence-corrected chi connectivity index (χ0v) is 46.9. The summed E-state index contributed by atoms with van der Waals surface area (Å²) in [5.74, 6) is -0.918. The molecule has 72 heavy (non-hydrogen) atoms. The standard InChI is InChI=1S/C66H110O6/c1-4-7-10-13-16-18-20-22-24-26-28-30-32-33-35-36-38-40-42-44-46-48-50-53-56-59-65(68)71-62-63(61-70-64(67)58-55-52-15-12-9-6-3)72-66(69)60-57-54-51-49-47-45-43-41-39-37-34-31-29-27-25-23-21-19-17-14-11-8-5-2/h7,10,16,18,21-24,27-30,33-35,37-38,40,63H,4-6,8-9,11-15,17,19-20,25-26,31-32,36,39,41-62H2,1-3H3/b10-7-,18-16-,23-21-,24-22-,29-27-,30-28-,35-33-,37-34-,40-38-. The molecule has 0 saturated heterocycles. The third-order valence-electron chi connectivity index (χ3n) is 12.5. The summed E-state index contributed by atoms with van der Waals surface area (Å²) in [5, 5.41) is 0. The summed E-state index contributed by atoms with van der Waals surface area (Å²) in [4.78, 5) is 37.9. The first-order valence-corrected chi connectivity index (χ1v) is 29.9. The van der Waals surface area contributed by atoms with Crippen LogP contribution in [0.2, 0.25) is 0 Å². The lowest BCUT2D eigenvalue weighted by Gasteiger charge is -2.18. The number of ether oxygens (including phenoxy) is 3. The molecule has 0 aliphatic carbocycles. The molecule has 0 aliphatic heterocycles. The lowest BCUT2D eigenvalue weighted by atomic mass is 10.1. The predicted octanol–water partition coefficient (Wildman–Crippen LogP) is 20.3. The van der Waals surface area contributed by atoms with Gasteiger partial charge in [-0.1, -0.05) is 252 Å². The second kappa shape index (κ2) is 59.6. The van der Waals surface area contributed by atoms with Crippen LogP contribution in [-0.4, -0.2) is 37.2 Å². The smallest absolute Gasteiger partial charge is 0.306 e. The second-order valence-electron chi connectivity index (χ2n) is 19.5. The normalized spacial score (nSPS) is 12.9. The lowest BCUT2D eigenvalue weighted by Crippen LogP contribution is -2.30. The fourth-order valence-electron chi connectivity index (χ4n) is 8.04. The van der Waals surface area contributed by atoms with Crippen molar-refractivity contribution in [1.29, 1.82) is 0 Å². The third-order valence-corrected chi connectivity index (χ3v) is 12.5. The Hall–Kier alpha value is -3.93. The molecule has 6 nitrogen and oxygen atoms in total. The minimum absolute atomic E-state index is 0.0870. The van der Waals surface area contributed by atoms with Crippen molar-refractivity contribution in [1.82, 2.24) is 0 Å². The van der Waals surface area contributed by atoms with Gasteiger partial charge in [-0.3, -0.25) is 14.4 Å². The maximum atomic E-state index is 12.8. The summed E-state index contributed by atoms with van der Waals surface area (Å²) in [6.45, 7) is 6.44. The van der Waals surface area contributed by atoms with Crippen LogP contribution in [0, 0.1) is 0 Å². The van der Waals surface area contributed by atoms with E-state index in [9.17, 15) is 14.4 Å². The monoisotopic (exact) mass is 999 g/mol. The van der Waals surface area contributed by atoms with Gasteiger partial charge in [0.2, 0.25) is 0 Å². The summed E-state index contributed by atoms with van der Waals surface area (Å²) in [5.41, 5.74) is 0. The fourth-order valence-corrected chi connectivity index (χ4v) is 8.04. The zero-order chi connectivity index (χ0) is 52.2. The van der Waals surface area contributed by atoms with E-state index in [0.29, 0.717) is 19.3 Å². The van der Waals surface area contributed by atoms with E-state index in [1.54, 1.807) is 0 Å². The van der Waals surface area contributed by atoms with Crippen LogP contribution in [0.5, 0.6) is 0 Å². The van der Waals surface area contributed by atoms with Crippen LogP contribution in [0.3, 0.4) is 0 Å². The molecule has 0 aliphatic rings. The van der Waals surface area contributed by atoms with E-state index in [2.05, 4.69) is 130 Å². The molecule has 0 aromatic heterocycles. The van der Waals surface area contributed by atoms with E-state index < -0.39 is 6.10 Å². The molecule has 1 atom stereocenters. The molecule has 0 heterocycles. The van der Waals surface area contributed by atoms with E-state index in [1.165, 1.54) is 103 Å². The fraction of sp³-hybridized carbons (Fsp3) is 0.682. The lowest BCUT2D eigenvalue weighted by molar-refractivity contribution is -0.167. The molecule has 6 heteroatoms. The van der Waals surface area contributed by atoms with Gasteiger partial charge in [-0.15, -0.1) is 0 Å². The molecule has 0 bridgehead atoms. The number of rotatable bonds is 53. The van der Waals surface area contributed by atoms with Crippen molar-refractivity contribution in [2.45, 2.75) is 277 Å². The van der Waals surface area contributed by atoms with Crippen LogP contribution >= 0.6 is 0 Å². The molecular weight excluding hydrogens is 889 g/mol. The number of allylic oxidation sites excluding steroid dienone is 18. The third kappa shape index (κ3) is 57.0. The van der Waals surface area contributed by atoms with Crippen LogP contribution in [0.1, 0.15) is 271 Å². The van der Waals surface area contributed by atoms with Crippen LogP contribution < -0.4 is 0 Å². The van der Waals surface area contributed by atoms with Crippen LogP contribution in [-0.2, 0) is 28.6 Å². The Kier molecular flexibility index (Phi) is 56.4. The van der Waals surface area contributed by atoms with E-state index in [-0.39, 0.29) is 31.1 Å². The molecule has 0 N–H and O–H groups in total. The Labute approximate surface area is 444 Å². The van der Waals surface area contributed by atoms with E-state index >= 15 is 0 Å². The van der Waals surface area contributed by atoms with Gasteiger partial charge >= 0.3 is 17.9 Å². The van der Waals surface area contributed by atoms with Gasteiger partial charge in [0.25, 0.3) is 0 Å². The van der Waals surface area contributed by atoms with Gasteiger partial charge in [0.05, 0.1) is 0 Å². The maximum absolute atomic E-state index is 12.8. The Balaban J connectivity index is 4.21. The highest BCUT2D eigenvalue weighted by Crippen LogP contribution is 2.14. The maximum Gasteiger partial charge on any atom is 0.306 e. The highest BCUT2D eigenvalue weighted by Gasteiger charge is 2.19. The van der Waals surface area contributed by atoms with Crippen molar-refractivity contribution in [3.8, 4) is 0 Å². The molecule has 0 aromatic carbocycles. The van der Waals surface area contributed by atoms with Gasteiger partial charge in [0, 0.05) is 19.3 Å². The molecule has 0 amide bonds. The Bertz CT molecular complexity index is 1470. The van der Waals surface area contributed by atoms with E-state index in [1.807, 2.05) is 0 Å². The van der Waals surface area contributed by atoms with Gasteiger partial charge in [-0.05, 0) is 109 Å². The highest BCUT2D eigenvalue weighted by atomic mass is 16.6. The average Bonchev–Trinajstić information content (AvgIpc) is 3.38. The Morgan fingerprint density at radius 2 is 0.542 bits per heavy atom. The number of carbonyl (C=O) groups excluding carboxylic acids is 3. The number of esters is 3. The largest absolute Gasteiger partial charge is 0.462 e. The van der Waals surface area contributed by atoms with Gasteiger partial charge in [-0.2, -0.15) is 0 Å². The Morgan fingerprint density at radius 3 is 0.847 bits per heavy atom. The molecule has 0 fully saturated rings. The van der Waals surface area contributed by atoms with Crippen LogP contribution in [0.15, 0.2) is 109 Å². The van der Waals surface area contributed by atoms with Gasteiger partial charge in [0.1, 0.15) is 13.2 Å². The SMILES string of the molecule is CC/C=C\C/C=C\C/C=C\C/C=C\C/C=C\C/C=C\CCCCCCCCC(=O)OCC(COC(=O)CCCCCCCC)OC(=O)CCCCCCCCCC/C=C\C/C=C\C/C=C\CCCCCCC. The molecule has 0 aromatic rings. The molecule has 410 valence electrons. The quantitative estimate of drug-likeness (QED) is 0.0261. The first-order valence-electron chi connectivity index (χ1n) is 29.9. The van der Waals surface area contributed by atoms with Crippen molar-refractivity contribution in [2.24, 2.45) is 0 Å². The molecule has 0 spiro atoms. The van der Waals surface area contributed by atoms with E-state index in [4.69, 9.17) is 14.2 Å². The summed E-state index contributed by atoms with van der Waals surface area (Å²) >= 11 is 0. The molecular formula is C66H110O6. The zero-order valence-electron chi connectivity index (χ0n) is 46.9. The van der Waals surface area contributed by atoms with Crippen molar-refractivity contribution < 1.29 is 28.6 Å². The van der Waals surface area contributed by atoms with Gasteiger partial charge < -0.3 is 14.2 Å². The van der Waals surface area contributed by atoms with E-state index in [0.717, 1.165) is 128 Å². The predicted molar refractivity (Wildman–Crippen MR) is 311 cm³/mol. The molecule has 0 rings (SSSR count). The minimum atomic E-state index is -0.788. The average molecular weight is 1000 g/mol.